The molecule has 3 rings (SSSR count). The first-order chi connectivity index (χ1) is 12.0. The fraction of sp³-hybridized carbons (Fsp3) is 0.550. The van der Waals surface area contributed by atoms with Crippen LogP contribution >= 0.6 is 0 Å². The zero-order valence-corrected chi connectivity index (χ0v) is 15.9. The van der Waals surface area contributed by atoms with E-state index in [4.69, 9.17) is 4.99 Å². The molecule has 0 spiro atoms. The molecule has 1 saturated carbocycles. The lowest BCUT2D eigenvalue weighted by atomic mass is 9.83. The van der Waals surface area contributed by atoms with Gasteiger partial charge >= 0.3 is 0 Å². The first-order valence-corrected chi connectivity index (χ1v) is 9.32. The SMILES string of the molecule is CNC1(C2CCCCC2)N=C(N(C)C)C=C(Nc2ccc(C)cc2)N1. The van der Waals surface area contributed by atoms with Crippen LogP contribution in [-0.4, -0.2) is 37.7 Å². The summed E-state index contributed by atoms with van der Waals surface area (Å²) in [6.45, 7) is 2.10. The van der Waals surface area contributed by atoms with Crippen molar-refractivity contribution in [1.29, 1.82) is 0 Å². The van der Waals surface area contributed by atoms with E-state index in [2.05, 4.69) is 58.1 Å². The van der Waals surface area contributed by atoms with E-state index in [1.165, 1.54) is 37.7 Å². The highest BCUT2D eigenvalue weighted by Gasteiger charge is 2.40. The number of benzene rings is 1. The van der Waals surface area contributed by atoms with Crippen LogP contribution < -0.4 is 16.0 Å². The summed E-state index contributed by atoms with van der Waals surface area (Å²) in [6, 6.07) is 8.47. The number of aryl methyl sites for hydroxylation is 1. The molecule has 1 aromatic rings. The van der Waals surface area contributed by atoms with Crippen molar-refractivity contribution < 1.29 is 0 Å². The average molecular weight is 342 g/mol. The Balaban J connectivity index is 1.88. The number of likely N-dealkylation sites (N-methyl/N-ethyl adjacent to an activating group) is 1. The first-order valence-electron chi connectivity index (χ1n) is 9.32. The molecule has 25 heavy (non-hydrogen) atoms. The lowest BCUT2D eigenvalue weighted by Crippen LogP contribution is -2.62. The molecule has 1 aromatic carbocycles. The molecule has 1 aliphatic heterocycles. The number of hydrogen-bond acceptors (Lipinski definition) is 5. The van der Waals surface area contributed by atoms with Gasteiger partial charge in [0.15, 0.2) is 5.79 Å². The van der Waals surface area contributed by atoms with Gasteiger partial charge in [-0.15, -0.1) is 0 Å². The summed E-state index contributed by atoms with van der Waals surface area (Å²) >= 11 is 0. The van der Waals surface area contributed by atoms with Crippen LogP contribution in [0.4, 0.5) is 5.69 Å². The lowest BCUT2D eigenvalue weighted by Gasteiger charge is -2.43. The Kier molecular flexibility index (Phi) is 5.33. The molecule has 1 heterocycles. The highest BCUT2D eigenvalue weighted by Crippen LogP contribution is 2.34. The Morgan fingerprint density at radius 3 is 2.40 bits per heavy atom. The van der Waals surface area contributed by atoms with E-state index in [0.29, 0.717) is 5.92 Å². The molecular weight excluding hydrogens is 310 g/mol. The van der Waals surface area contributed by atoms with Crippen LogP contribution in [0.5, 0.6) is 0 Å². The van der Waals surface area contributed by atoms with Gasteiger partial charge in [-0.2, -0.15) is 0 Å². The molecule has 5 heteroatoms. The van der Waals surface area contributed by atoms with Gasteiger partial charge in [-0.25, -0.2) is 4.99 Å². The highest BCUT2D eigenvalue weighted by molar-refractivity contribution is 5.94. The molecule has 3 N–H and O–H groups in total. The highest BCUT2D eigenvalue weighted by atomic mass is 15.4. The third kappa shape index (κ3) is 3.98. The molecular formula is C20H31N5. The molecule has 2 aliphatic rings. The van der Waals surface area contributed by atoms with E-state index in [1.807, 2.05) is 21.1 Å². The van der Waals surface area contributed by atoms with Gasteiger partial charge in [0.25, 0.3) is 0 Å². The monoisotopic (exact) mass is 341 g/mol. The van der Waals surface area contributed by atoms with Crippen LogP contribution in [0.1, 0.15) is 37.7 Å². The lowest BCUT2D eigenvalue weighted by molar-refractivity contribution is 0.147. The maximum Gasteiger partial charge on any atom is 0.190 e. The van der Waals surface area contributed by atoms with Crippen molar-refractivity contribution in [3.63, 3.8) is 0 Å². The summed E-state index contributed by atoms with van der Waals surface area (Å²) in [4.78, 5) is 7.14. The predicted octanol–water partition coefficient (Wildman–Crippen LogP) is 3.27. The van der Waals surface area contributed by atoms with Crippen molar-refractivity contribution in [2.45, 2.75) is 44.8 Å². The number of aliphatic imine (C=N–C) groups is 1. The van der Waals surface area contributed by atoms with Crippen molar-refractivity contribution in [3.05, 3.63) is 41.7 Å². The molecule has 1 unspecified atom stereocenters. The molecule has 0 aromatic heterocycles. The Hall–Kier alpha value is -2.01. The summed E-state index contributed by atoms with van der Waals surface area (Å²) < 4.78 is 0. The molecule has 0 radical (unpaired) electrons. The molecule has 1 atom stereocenters. The van der Waals surface area contributed by atoms with Crippen molar-refractivity contribution >= 4 is 11.5 Å². The van der Waals surface area contributed by atoms with Gasteiger partial charge in [-0.3, -0.25) is 5.32 Å². The van der Waals surface area contributed by atoms with E-state index in [1.54, 1.807) is 0 Å². The van der Waals surface area contributed by atoms with E-state index in [0.717, 1.165) is 17.3 Å². The normalized spacial score (nSPS) is 24.2. The molecule has 0 bridgehead atoms. The molecule has 1 aliphatic carbocycles. The van der Waals surface area contributed by atoms with E-state index >= 15 is 0 Å². The Morgan fingerprint density at radius 2 is 1.80 bits per heavy atom. The second-order valence-electron chi connectivity index (χ2n) is 7.39. The van der Waals surface area contributed by atoms with Crippen molar-refractivity contribution in [2.75, 3.05) is 26.5 Å². The van der Waals surface area contributed by atoms with Crippen LogP contribution in [0.15, 0.2) is 41.2 Å². The number of nitrogens with zero attached hydrogens (tertiary/aromatic N) is 2. The summed E-state index contributed by atoms with van der Waals surface area (Å²) in [5.41, 5.74) is 2.34. The number of hydrogen-bond donors (Lipinski definition) is 3. The van der Waals surface area contributed by atoms with Crippen LogP contribution in [0.25, 0.3) is 0 Å². The second kappa shape index (κ2) is 7.48. The molecule has 136 valence electrons. The zero-order valence-electron chi connectivity index (χ0n) is 15.9. The van der Waals surface area contributed by atoms with Crippen LogP contribution in [0.2, 0.25) is 0 Å². The van der Waals surface area contributed by atoms with Gasteiger partial charge in [0, 0.05) is 31.8 Å². The zero-order chi connectivity index (χ0) is 17.9. The number of anilines is 1. The third-order valence-electron chi connectivity index (χ3n) is 5.26. The average Bonchev–Trinajstić information content (AvgIpc) is 2.64. The fourth-order valence-corrected chi connectivity index (χ4v) is 3.74. The number of rotatable bonds is 4. The fourth-order valence-electron chi connectivity index (χ4n) is 3.74. The smallest absolute Gasteiger partial charge is 0.190 e. The summed E-state index contributed by atoms with van der Waals surface area (Å²) in [5.74, 6) is 2.02. The quantitative estimate of drug-likeness (QED) is 0.787. The minimum Gasteiger partial charge on any atom is -0.363 e. The molecule has 0 saturated heterocycles. The van der Waals surface area contributed by atoms with Crippen LogP contribution in [-0.2, 0) is 0 Å². The standard InChI is InChI=1S/C20H31N5/c1-15-10-12-17(13-11-15)22-18-14-19(25(3)4)24-20(21-2,23-18)16-8-6-5-7-9-16/h10-14,16,21-23H,5-9H2,1-4H3. The van der Waals surface area contributed by atoms with Gasteiger partial charge in [-0.1, -0.05) is 37.0 Å². The molecule has 1 fully saturated rings. The van der Waals surface area contributed by atoms with E-state index in [-0.39, 0.29) is 0 Å². The second-order valence-corrected chi connectivity index (χ2v) is 7.39. The summed E-state index contributed by atoms with van der Waals surface area (Å²) in [7, 11) is 6.10. The van der Waals surface area contributed by atoms with Crippen molar-refractivity contribution in [1.82, 2.24) is 15.5 Å². The summed E-state index contributed by atoms with van der Waals surface area (Å²) in [6.07, 6.45) is 8.40. The third-order valence-corrected chi connectivity index (χ3v) is 5.26. The largest absolute Gasteiger partial charge is 0.363 e. The van der Waals surface area contributed by atoms with Gasteiger partial charge < -0.3 is 15.5 Å². The minimum atomic E-state index is -0.443. The maximum absolute atomic E-state index is 5.06. The minimum absolute atomic E-state index is 0.443. The Bertz CT molecular complexity index is 641. The maximum atomic E-state index is 5.06. The van der Waals surface area contributed by atoms with E-state index in [9.17, 15) is 0 Å². The number of nitrogens with one attached hydrogen (secondary N) is 3. The Morgan fingerprint density at radius 1 is 1.12 bits per heavy atom. The van der Waals surface area contributed by atoms with Gasteiger partial charge in [-0.05, 0) is 38.9 Å². The predicted molar refractivity (Wildman–Crippen MR) is 106 cm³/mol. The van der Waals surface area contributed by atoms with E-state index < -0.39 is 5.79 Å². The van der Waals surface area contributed by atoms with Gasteiger partial charge in [0.05, 0.1) is 0 Å². The summed E-state index contributed by atoms with van der Waals surface area (Å²) in [5, 5.41) is 10.7. The molecule has 0 amide bonds. The Labute approximate surface area is 151 Å². The van der Waals surface area contributed by atoms with Gasteiger partial charge in [0.1, 0.15) is 11.7 Å². The van der Waals surface area contributed by atoms with Crippen LogP contribution in [0, 0.1) is 12.8 Å². The van der Waals surface area contributed by atoms with Crippen molar-refractivity contribution in [2.24, 2.45) is 10.9 Å². The topological polar surface area (TPSA) is 51.7 Å². The van der Waals surface area contributed by atoms with Crippen molar-refractivity contribution in [3.8, 4) is 0 Å². The van der Waals surface area contributed by atoms with Gasteiger partial charge in [0.2, 0.25) is 0 Å². The molecule has 5 nitrogen and oxygen atoms in total. The first kappa shape index (κ1) is 17.8. The number of amidine groups is 1. The van der Waals surface area contributed by atoms with Crippen LogP contribution in [0.3, 0.4) is 0 Å².